The molecule has 2 N–H and O–H groups in total. The summed E-state index contributed by atoms with van der Waals surface area (Å²) in [6.07, 6.45) is 1.88. The lowest BCUT2D eigenvalue weighted by Gasteiger charge is -2.14. The van der Waals surface area contributed by atoms with Gasteiger partial charge >= 0.3 is 0 Å². The van der Waals surface area contributed by atoms with Crippen LogP contribution < -0.4 is 5.73 Å². The molecule has 1 aromatic rings. The molecule has 15 heavy (non-hydrogen) atoms. The van der Waals surface area contributed by atoms with E-state index in [0.29, 0.717) is 11.5 Å². The minimum atomic E-state index is -0.183. The first-order valence-electron chi connectivity index (χ1n) is 5.52. The Morgan fingerprint density at radius 2 is 1.93 bits per heavy atom. The highest BCUT2D eigenvalue weighted by molar-refractivity contribution is 5.26. The summed E-state index contributed by atoms with van der Waals surface area (Å²) in [5, 5.41) is 0. The van der Waals surface area contributed by atoms with Crippen molar-refractivity contribution in [1.82, 2.24) is 0 Å². The van der Waals surface area contributed by atoms with Crippen LogP contribution in [-0.2, 0) is 0 Å². The quantitative estimate of drug-likeness (QED) is 0.806. The van der Waals surface area contributed by atoms with E-state index in [9.17, 15) is 4.39 Å². The average molecular weight is 209 g/mol. The first-order valence-corrected chi connectivity index (χ1v) is 5.52. The SMILES string of the molecule is Cc1ccc(F)c([C@@H](N)CCC(C)C)c1. The Balaban J connectivity index is 2.72. The van der Waals surface area contributed by atoms with Crippen molar-refractivity contribution in [3.8, 4) is 0 Å². The predicted molar refractivity (Wildman–Crippen MR) is 62.1 cm³/mol. The predicted octanol–water partition coefficient (Wildman–Crippen LogP) is 3.57. The van der Waals surface area contributed by atoms with E-state index in [-0.39, 0.29) is 11.9 Å². The third-order valence-electron chi connectivity index (χ3n) is 2.61. The number of nitrogens with two attached hydrogens (primary N) is 1. The molecule has 0 saturated heterocycles. The summed E-state index contributed by atoms with van der Waals surface area (Å²) < 4.78 is 13.5. The van der Waals surface area contributed by atoms with Gasteiger partial charge in [0, 0.05) is 11.6 Å². The highest BCUT2D eigenvalue weighted by Gasteiger charge is 2.11. The van der Waals surface area contributed by atoms with Crippen LogP contribution in [0.25, 0.3) is 0 Å². The Morgan fingerprint density at radius 3 is 2.53 bits per heavy atom. The molecule has 0 radical (unpaired) electrons. The molecule has 0 saturated carbocycles. The Hall–Kier alpha value is -0.890. The van der Waals surface area contributed by atoms with Crippen molar-refractivity contribution in [1.29, 1.82) is 0 Å². The maximum Gasteiger partial charge on any atom is 0.127 e. The zero-order chi connectivity index (χ0) is 11.4. The van der Waals surface area contributed by atoms with Crippen molar-refractivity contribution in [2.45, 2.75) is 39.7 Å². The lowest BCUT2D eigenvalue weighted by molar-refractivity contribution is 0.491. The lowest BCUT2D eigenvalue weighted by atomic mass is 9.97. The summed E-state index contributed by atoms with van der Waals surface area (Å²) in [5.74, 6) is 0.431. The minimum Gasteiger partial charge on any atom is -0.324 e. The standard InChI is InChI=1S/C13H20FN/c1-9(2)4-7-13(15)11-8-10(3)5-6-12(11)14/h5-6,8-9,13H,4,7,15H2,1-3H3/t13-/m0/s1. The van der Waals surface area contributed by atoms with E-state index in [1.807, 2.05) is 13.0 Å². The van der Waals surface area contributed by atoms with Crippen LogP contribution in [0.5, 0.6) is 0 Å². The summed E-state index contributed by atoms with van der Waals surface area (Å²) in [5.41, 5.74) is 7.68. The number of aryl methyl sites for hydroxylation is 1. The molecular formula is C13H20FN. The summed E-state index contributed by atoms with van der Waals surface area (Å²) >= 11 is 0. The smallest absolute Gasteiger partial charge is 0.127 e. The fourth-order valence-corrected chi connectivity index (χ4v) is 1.62. The van der Waals surface area contributed by atoms with E-state index in [0.717, 1.165) is 18.4 Å². The van der Waals surface area contributed by atoms with E-state index in [1.165, 1.54) is 6.07 Å². The van der Waals surface area contributed by atoms with Crippen molar-refractivity contribution >= 4 is 0 Å². The molecule has 1 atom stereocenters. The van der Waals surface area contributed by atoms with Gasteiger partial charge in [-0.05, 0) is 31.7 Å². The topological polar surface area (TPSA) is 26.0 Å². The van der Waals surface area contributed by atoms with E-state index < -0.39 is 0 Å². The highest BCUT2D eigenvalue weighted by atomic mass is 19.1. The van der Waals surface area contributed by atoms with Gasteiger partial charge in [0.2, 0.25) is 0 Å². The minimum absolute atomic E-state index is 0.174. The molecule has 1 aromatic carbocycles. The number of hydrogen-bond acceptors (Lipinski definition) is 1. The zero-order valence-electron chi connectivity index (χ0n) is 9.76. The van der Waals surface area contributed by atoms with Crippen LogP contribution in [0, 0.1) is 18.7 Å². The van der Waals surface area contributed by atoms with Gasteiger partial charge in [0.1, 0.15) is 5.82 Å². The largest absolute Gasteiger partial charge is 0.324 e. The number of benzene rings is 1. The zero-order valence-corrected chi connectivity index (χ0v) is 9.76. The van der Waals surface area contributed by atoms with Gasteiger partial charge in [-0.1, -0.05) is 31.5 Å². The Kier molecular flexibility index (Phi) is 4.28. The first-order chi connectivity index (χ1) is 7.00. The second-order valence-electron chi connectivity index (χ2n) is 4.60. The van der Waals surface area contributed by atoms with Crippen LogP contribution in [0.4, 0.5) is 4.39 Å². The van der Waals surface area contributed by atoms with Gasteiger partial charge in [0.05, 0.1) is 0 Å². The molecule has 0 aromatic heterocycles. The first kappa shape index (κ1) is 12.2. The normalized spacial score (nSPS) is 13.2. The molecule has 84 valence electrons. The molecule has 0 aliphatic rings. The molecule has 0 fully saturated rings. The van der Waals surface area contributed by atoms with Gasteiger partial charge in [-0.15, -0.1) is 0 Å². The molecule has 0 aliphatic carbocycles. The Labute approximate surface area is 91.5 Å². The number of rotatable bonds is 4. The average Bonchev–Trinajstić information content (AvgIpc) is 2.18. The van der Waals surface area contributed by atoms with E-state index in [2.05, 4.69) is 13.8 Å². The molecule has 0 bridgehead atoms. The molecule has 0 spiro atoms. The summed E-state index contributed by atoms with van der Waals surface area (Å²) in [7, 11) is 0. The summed E-state index contributed by atoms with van der Waals surface area (Å²) in [4.78, 5) is 0. The molecule has 1 rings (SSSR count). The monoisotopic (exact) mass is 209 g/mol. The lowest BCUT2D eigenvalue weighted by Crippen LogP contribution is -2.13. The van der Waals surface area contributed by atoms with E-state index in [4.69, 9.17) is 5.73 Å². The molecule has 0 unspecified atom stereocenters. The third-order valence-corrected chi connectivity index (χ3v) is 2.61. The van der Waals surface area contributed by atoms with Crippen LogP contribution in [0.2, 0.25) is 0 Å². The second-order valence-corrected chi connectivity index (χ2v) is 4.60. The fourth-order valence-electron chi connectivity index (χ4n) is 1.62. The summed E-state index contributed by atoms with van der Waals surface area (Å²) in [6.45, 7) is 6.26. The van der Waals surface area contributed by atoms with Crippen LogP contribution in [0.3, 0.4) is 0 Å². The highest BCUT2D eigenvalue weighted by Crippen LogP contribution is 2.22. The summed E-state index contributed by atoms with van der Waals surface area (Å²) in [6, 6.07) is 4.95. The third kappa shape index (κ3) is 3.63. The van der Waals surface area contributed by atoms with Crippen molar-refractivity contribution in [3.05, 3.63) is 35.1 Å². The number of hydrogen-bond donors (Lipinski definition) is 1. The Bertz CT molecular complexity index is 320. The van der Waals surface area contributed by atoms with Gasteiger partial charge in [0.15, 0.2) is 0 Å². The van der Waals surface area contributed by atoms with Gasteiger partial charge in [-0.25, -0.2) is 4.39 Å². The molecule has 0 aliphatic heterocycles. The fraction of sp³-hybridized carbons (Fsp3) is 0.538. The van der Waals surface area contributed by atoms with Crippen molar-refractivity contribution in [3.63, 3.8) is 0 Å². The van der Waals surface area contributed by atoms with Crippen molar-refractivity contribution in [2.75, 3.05) is 0 Å². The van der Waals surface area contributed by atoms with Gasteiger partial charge in [0.25, 0.3) is 0 Å². The van der Waals surface area contributed by atoms with E-state index >= 15 is 0 Å². The van der Waals surface area contributed by atoms with Crippen molar-refractivity contribution in [2.24, 2.45) is 11.7 Å². The van der Waals surface area contributed by atoms with Crippen LogP contribution in [0.15, 0.2) is 18.2 Å². The maximum absolute atomic E-state index is 13.5. The van der Waals surface area contributed by atoms with Gasteiger partial charge < -0.3 is 5.73 Å². The Morgan fingerprint density at radius 1 is 1.27 bits per heavy atom. The molecule has 0 heterocycles. The molecule has 1 nitrogen and oxygen atoms in total. The van der Waals surface area contributed by atoms with Gasteiger partial charge in [-0.3, -0.25) is 0 Å². The van der Waals surface area contributed by atoms with E-state index in [1.54, 1.807) is 6.07 Å². The van der Waals surface area contributed by atoms with Crippen LogP contribution >= 0.6 is 0 Å². The second kappa shape index (κ2) is 5.26. The van der Waals surface area contributed by atoms with Crippen LogP contribution in [-0.4, -0.2) is 0 Å². The number of halogens is 1. The maximum atomic E-state index is 13.5. The van der Waals surface area contributed by atoms with Gasteiger partial charge in [-0.2, -0.15) is 0 Å². The van der Waals surface area contributed by atoms with Crippen LogP contribution in [0.1, 0.15) is 43.9 Å². The van der Waals surface area contributed by atoms with Crippen molar-refractivity contribution < 1.29 is 4.39 Å². The molecule has 0 amide bonds. The molecular weight excluding hydrogens is 189 g/mol. The molecule has 2 heteroatoms.